The van der Waals surface area contributed by atoms with E-state index in [-0.39, 0.29) is 29.4 Å². The number of nitrogens with zero attached hydrogens (tertiary/aromatic N) is 1. The van der Waals surface area contributed by atoms with E-state index in [1.807, 2.05) is 13.8 Å². The second-order valence-electron chi connectivity index (χ2n) is 6.92. The smallest absolute Gasteiger partial charge is 0.243 e. The van der Waals surface area contributed by atoms with Crippen LogP contribution in [0.15, 0.2) is 53.4 Å². The summed E-state index contributed by atoms with van der Waals surface area (Å²) >= 11 is 0. The second kappa shape index (κ2) is 8.38. The lowest BCUT2D eigenvalue weighted by molar-refractivity contribution is -0.115. The number of hydrogen-bond donors (Lipinski definition) is 1. The molecule has 3 rings (SSSR count). The first-order chi connectivity index (χ1) is 13.3. The van der Waals surface area contributed by atoms with E-state index >= 15 is 0 Å². The maximum absolute atomic E-state index is 13.6. The number of rotatable bonds is 5. The molecule has 1 saturated heterocycles. The number of morpholine rings is 1. The van der Waals surface area contributed by atoms with Crippen molar-refractivity contribution < 1.29 is 22.3 Å². The van der Waals surface area contributed by atoms with Crippen LogP contribution >= 0.6 is 0 Å². The van der Waals surface area contributed by atoms with E-state index in [1.54, 1.807) is 18.2 Å². The first kappa shape index (κ1) is 20.4. The van der Waals surface area contributed by atoms with Gasteiger partial charge < -0.3 is 10.1 Å². The topological polar surface area (TPSA) is 75.7 Å². The van der Waals surface area contributed by atoms with Crippen LogP contribution in [0.2, 0.25) is 0 Å². The van der Waals surface area contributed by atoms with Crippen molar-refractivity contribution in [2.24, 2.45) is 0 Å². The molecule has 0 bridgehead atoms. The van der Waals surface area contributed by atoms with E-state index in [0.717, 1.165) is 0 Å². The minimum absolute atomic E-state index is 0.101. The summed E-state index contributed by atoms with van der Waals surface area (Å²) in [6.45, 7) is 4.28. The Hall–Kier alpha value is -2.29. The molecule has 6 nitrogen and oxygen atoms in total. The molecule has 2 atom stereocenters. The van der Waals surface area contributed by atoms with Crippen LogP contribution < -0.4 is 5.32 Å². The van der Waals surface area contributed by atoms with Gasteiger partial charge >= 0.3 is 0 Å². The molecule has 0 radical (unpaired) electrons. The van der Waals surface area contributed by atoms with Crippen molar-refractivity contribution in [3.63, 3.8) is 0 Å². The molecule has 1 amide bonds. The van der Waals surface area contributed by atoms with E-state index in [4.69, 9.17) is 4.74 Å². The fourth-order valence-corrected chi connectivity index (χ4v) is 4.80. The molecule has 1 heterocycles. The van der Waals surface area contributed by atoms with E-state index in [0.29, 0.717) is 24.3 Å². The molecule has 1 N–H and O–H groups in total. The van der Waals surface area contributed by atoms with E-state index < -0.39 is 15.8 Å². The molecule has 2 aromatic carbocycles. The number of sulfonamides is 1. The van der Waals surface area contributed by atoms with Crippen molar-refractivity contribution in [2.75, 3.05) is 18.4 Å². The molecule has 0 aromatic heterocycles. The zero-order valence-corrected chi connectivity index (χ0v) is 16.6. The van der Waals surface area contributed by atoms with Gasteiger partial charge in [0.05, 0.1) is 23.5 Å². The standard InChI is InChI=1S/C20H23FN2O4S/c1-14-12-23(13-15(2)27-14)28(25,26)18-9-7-17(8-10-18)22-20(24)11-16-5-3-4-6-19(16)21/h3-10,14-15H,11-13H2,1-2H3,(H,22,24)/t14-,15+. The lowest BCUT2D eigenvalue weighted by atomic mass is 10.1. The highest BCUT2D eigenvalue weighted by Gasteiger charge is 2.32. The summed E-state index contributed by atoms with van der Waals surface area (Å²) in [5, 5.41) is 2.66. The van der Waals surface area contributed by atoms with Crippen LogP contribution in [-0.4, -0.2) is 43.9 Å². The van der Waals surface area contributed by atoms with Crippen LogP contribution in [0.3, 0.4) is 0 Å². The van der Waals surface area contributed by atoms with Gasteiger partial charge in [0.25, 0.3) is 0 Å². The summed E-state index contributed by atoms with van der Waals surface area (Å²) in [6, 6.07) is 12.0. The number of amides is 1. The summed E-state index contributed by atoms with van der Waals surface area (Å²) in [7, 11) is -3.64. The molecular weight excluding hydrogens is 383 g/mol. The highest BCUT2D eigenvalue weighted by atomic mass is 32.2. The lowest BCUT2D eigenvalue weighted by Gasteiger charge is -2.34. The number of halogens is 1. The minimum atomic E-state index is -3.64. The van der Waals surface area contributed by atoms with Crippen molar-refractivity contribution in [3.05, 3.63) is 59.9 Å². The number of carbonyl (C=O) groups is 1. The third kappa shape index (κ3) is 4.76. The molecule has 2 aromatic rings. The predicted octanol–water partition coefficient (Wildman–Crippen LogP) is 2.80. The zero-order valence-electron chi connectivity index (χ0n) is 15.8. The fraction of sp³-hybridized carbons (Fsp3) is 0.350. The molecule has 0 unspecified atom stereocenters. The van der Waals surface area contributed by atoms with E-state index in [9.17, 15) is 17.6 Å². The molecule has 1 aliphatic heterocycles. The average Bonchev–Trinajstić information content (AvgIpc) is 2.63. The molecule has 0 spiro atoms. The van der Waals surface area contributed by atoms with Crippen molar-refractivity contribution >= 4 is 21.6 Å². The SMILES string of the molecule is C[C@@H]1CN(S(=O)(=O)c2ccc(NC(=O)Cc3ccccc3F)cc2)C[C@H](C)O1. The van der Waals surface area contributed by atoms with Crippen LogP contribution in [0.1, 0.15) is 19.4 Å². The van der Waals surface area contributed by atoms with Crippen molar-refractivity contribution in [3.8, 4) is 0 Å². The van der Waals surface area contributed by atoms with Gasteiger partial charge in [-0.05, 0) is 49.7 Å². The largest absolute Gasteiger partial charge is 0.373 e. The number of anilines is 1. The molecule has 0 aliphatic carbocycles. The fourth-order valence-electron chi connectivity index (χ4n) is 3.21. The summed E-state index contributed by atoms with van der Waals surface area (Å²) in [5.41, 5.74) is 0.749. The molecule has 1 fully saturated rings. The molecular formula is C20H23FN2O4S. The second-order valence-corrected chi connectivity index (χ2v) is 8.86. The Kier molecular flexibility index (Phi) is 6.12. The first-order valence-electron chi connectivity index (χ1n) is 9.04. The Bertz CT molecular complexity index is 937. The van der Waals surface area contributed by atoms with Gasteiger partial charge in [-0.3, -0.25) is 4.79 Å². The number of ether oxygens (including phenoxy) is 1. The third-order valence-electron chi connectivity index (χ3n) is 4.47. The monoisotopic (exact) mass is 406 g/mol. The van der Waals surface area contributed by atoms with Gasteiger partial charge in [-0.25, -0.2) is 12.8 Å². The Labute approximate surface area is 164 Å². The third-order valence-corrected chi connectivity index (χ3v) is 6.32. The normalized spacial score (nSPS) is 20.7. The van der Waals surface area contributed by atoms with Crippen molar-refractivity contribution in [1.82, 2.24) is 4.31 Å². The molecule has 8 heteroatoms. The highest BCUT2D eigenvalue weighted by molar-refractivity contribution is 7.89. The lowest BCUT2D eigenvalue weighted by Crippen LogP contribution is -2.48. The molecule has 28 heavy (non-hydrogen) atoms. The average molecular weight is 406 g/mol. The van der Waals surface area contributed by atoms with Crippen LogP contribution in [0.5, 0.6) is 0 Å². The maximum Gasteiger partial charge on any atom is 0.243 e. The minimum Gasteiger partial charge on any atom is -0.373 e. The van der Waals surface area contributed by atoms with Gasteiger partial charge in [0, 0.05) is 18.8 Å². The van der Waals surface area contributed by atoms with Gasteiger partial charge in [0.1, 0.15) is 5.82 Å². The van der Waals surface area contributed by atoms with E-state index in [1.165, 1.54) is 34.6 Å². The Balaban J connectivity index is 1.67. The number of benzene rings is 2. The van der Waals surface area contributed by atoms with Gasteiger partial charge in [0.15, 0.2) is 0 Å². The molecule has 150 valence electrons. The molecule has 0 saturated carbocycles. The van der Waals surface area contributed by atoms with Gasteiger partial charge in [-0.15, -0.1) is 0 Å². The summed E-state index contributed by atoms with van der Waals surface area (Å²) in [4.78, 5) is 12.3. The Morgan fingerprint density at radius 1 is 1.11 bits per heavy atom. The summed E-state index contributed by atoms with van der Waals surface area (Å²) in [6.07, 6.45) is -0.443. The summed E-state index contributed by atoms with van der Waals surface area (Å²) in [5.74, 6) is -0.815. The van der Waals surface area contributed by atoms with Gasteiger partial charge in [-0.1, -0.05) is 18.2 Å². The number of nitrogens with one attached hydrogen (secondary N) is 1. The quantitative estimate of drug-likeness (QED) is 0.829. The summed E-state index contributed by atoms with van der Waals surface area (Å²) < 4.78 is 46.3. The number of hydrogen-bond acceptors (Lipinski definition) is 4. The van der Waals surface area contributed by atoms with Crippen molar-refractivity contribution in [2.45, 2.75) is 37.4 Å². The van der Waals surface area contributed by atoms with Gasteiger partial charge in [0.2, 0.25) is 15.9 Å². The van der Waals surface area contributed by atoms with Crippen LogP contribution in [0.4, 0.5) is 10.1 Å². The number of carbonyl (C=O) groups excluding carboxylic acids is 1. The Morgan fingerprint density at radius 2 is 1.71 bits per heavy atom. The maximum atomic E-state index is 13.6. The van der Waals surface area contributed by atoms with Crippen LogP contribution in [0, 0.1) is 5.82 Å². The zero-order chi connectivity index (χ0) is 20.3. The molecule has 1 aliphatic rings. The highest BCUT2D eigenvalue weighted by Crippen LogP contribution is 2.22. The Morgan fingerprint density at radius 3 is 2.32 bits per heavy atom. The van der Waals surface area contributed by atoms with Crippen LogP contribution in [0.25, 0.3) is 0 Å². The first-order valence-corrected chi connectivity index (χ1v) is 10.5. The van der Waals surface area contributed by atoms with Crippen molar-refractivity contribution in [1.29, 1.82) is 0 Å². The van der Waals surface area contributed by atoms with Crippen LogP contribution in [-0.2, 0) is 26.0 Å². The van der Waals surface area contributed by atoms with E-state index in [2.05, 4.69) is 5.32 Å². The van der Waals surface area contributed by atoms with Gasteiger partial charge in [-0.2, -0.15) is 4.31 Å². The predicted molar refractivity (Wildman–Crippen MR) is 104 cm³/mol.